The number of benzene rings is 2. The highest BCUT2D eigenvalue weighted by atomic mass is 16.2. The van der Waals surface area contributed by atoms with E-state index in [1.165, 1.54) is 4.57 Å². The number of hydrogen-bond donors (Lipinski definition) is 2. The van der Waals surface area contributed by atoms with E-state index in [9.17, 15) is 14.4 Å². The Kier molecular flexibility index (Phi) is 4.79. The predicted molar refractivity (Wildman–Crippen MR) is 97.0 cm³/mol. The molecular formula is C19H19N3O3. The summed E-state index contributed by atoms with van der Waals surface area (Å²) >= 11 is 0. The van der Waals surface area contributed by atoms with Gasteiger partial charge in [-0.3, -0.25) is 14.4 Å². The molecular weight excluding hydrogens is 318 g/mol. The Hall–Kier alpha value is -3.15. The molecule has 0 aliphatic heterocycles. The van der Waals surface area contributed by atoms with Crippen LogP contribution in [0.4, 0.5) is 0 Å². The summed E-state index contributed by atoms with van der Waals surface area (Å²) in [5.41, 5.74) is 1.40. The lowest BCUT2D eigenvalue weighted by atomic mass is 10.1. The molecule has 0 aliphatic carbocycles. The molecule has 1 amide bonds. The number of aryl methyl sites for hydroxylation is 1. The predicted octanol–water partition coefficient (Wildman–Crippen LogP) is 1.68. The summed E-state index contributed by atoms with van der Waals surface area (Å²) in [6.07, 6.45) is 0.742. The van der Waals surface area contributed by atoms with Crippen LogP contribution in [0.2, 0.25) is 0 Å². The fourth-order valence-electron chi connectivity index (χ4n) is 2.80. The minimum Gasteiger partial charge on any atom is -0.352 e. The lowest BCUT2D eigenvalue weighted by Gasteiger charge is -2.09. The van der Waals surface area contributed by atoms with Gasteiger partial charge in [0.15, 0.2) is 0 Å². The van der Waals surface area contributed by atoms with Crippen molar-refractivity contribution in [1.82, 2.24) is 14.9 Å². The maximum Gasteiger partial charge on any atom is 0.316 e. The number of fused-ring (bicyclic) bond motifs is 1. The van der Waals surface area contributed by atoms with Crippen molar-refractivity contribution < 1.29 is 4.79 Å². The number of nitrogens with zero attached hydrogens (tertiary/aromatic N) is 1. The van der Waals surface area contributed by atoms with Crippen molar-refractivity contribution in [2.24, 2.45) is 0 Å². The molecule has 0 spiro atoms. The SMILES string of the molecule is CCn1c(=O)c(=O)[nH]c2cc(C(=O)NCCc3ccccc3)ccc21. The summed E-state index contributed by atoms with van der Waals surface area (Å²) in [6.45, 7) is 2.71. The van der Waals surface area contributed by atoms with Gasteiger partial charge in [-0.05, 0) is 37.1 Å². The number of aromatic amines is 1. The van der Waals surface area contributed by atoms with Gasteiger partial charge in [-0.15, -0.1) is 0 Å². The van der Waals surface area contributed by atoms with Crippen LogP contribution in [0, 0.1) is 0 Å². The van der Waals surface area contributed by atoms with Crippen molar-refractivity contribution in [1.29, 1.82) is 0 Å². The molecule has 0 radical (unpaired) electrons. The van der Waals surface area contributed by atoms with E-state index >= 15 is 0 Å². The molecule has 2 aromatic carbocycles. The first kappa shape index (κ1) is 16.7. The summed E-state index contributed by atoms with van der Waals surface area (Å²) in [4.78, 5) is 38.4. The molecule has 6 nitrogen and oxygen atoms in total. The highest BCUT2D eigenvalue weighted by molar-refractivity contribution is 5.97. The van der Waals surface area contributed by atoms with Crippen LogP contribution in [0.1, 0.15) is 22.8 Å². The highest BCUT2D eigenvalue weighted by Crippen LogP contribution is 2.11. The zero-order valence-corrected chi connectivity index (χ0v) is 13.9. The second-order valence-corrected chi connectivity index (χ2v) is 5.73. The minimum absolute atomic E-state index is 0.215. The largest absolute Gasteiger partial charge is 0.352 e. The van der Waals surface area contributed by atoms with E-state index < -0.39 is 11.1 Å². The number of carbonyl (C=O) groups excluding carboxylic acids is 1. The van der Waals surface area contributed by atoms with Crippen molar-refractivity contribution in [2.75, 3.05) is 6.54 Å². The number of hydrogen-bond acceptors (Lipinski definition) is 3. The Balaban J connectivity index is 1.79. The van der Waals surface area contributed by atoms with Crippen molar-refractivity contribution in [3.63, 3.8) is 0 Å². The van der Waals surface area contributed by atoms with E-state index in [1.54, 1.807) is 25.1 Å². The van der Waals surface area contributed by atoms with E-state index in [1.807, 2.05) is 30.3 Å². The molecule has 0 fully saturated rings. The minimum atomic E-state index is -0.684. The number of rotatable bonds is 5. The third kappa shape index (κ3) is 3.52. The lowest BCUT2D eigenvalue weighted by molar-refractivity contribution is 0.0954. The Morgan fingerprint density at radius 3 is 2.60 bits per heavy atom. The van der Waals surface area contributed by atoms with Crippen molar-refractivity contribution in [2.45, 2.75) is 19.9 Å². The molecule has 0 saturated carbocycles. The molecule has 0 saturated heterocycles. The van der Waals surface area contributed by atoms with Crippen LogP contribution in [0.5, 0.6) is 0 Å². The number of amides is 1. The van der Waals surface area contributed by atoms with E-state index in [0.29, 0.717) is 29.7 Å². The standard InChI is InChI=1S/C19H19N3O3/c1-2-22-16-9-8-14(12-15(16)21-18(24)19(22)25)17(23)20-11-10-13-6-4-3-5-7-13/h3-9,12H,2,10-11H2,1H3,(H,20,23)(H,21,24). The van der Waals surface area contributed by atoms with Crippen LogP contribution in [-0.2, 0) is 13.0 Å². The fraction of sp³-hybridized carbons (Fsp3) is 0.211. The summed E-state index contributed by atoms with van der Waals surface area (Å²) in [7, 11) is 0. The van der Waals surface area contributed by atoms with Gasteiger partial charge in [-0.1, -0.05) is 30.3 Å². The molecule has 2 N–H and O–H groups in total. The molecule has 1 aromatic heterocycles. The molecule has 1 heterocycles. The Bertz CT molecular complexity index is 1020. The molecule has 3 aromatic rings. The highest BCUT2D eigenvalue weighted by Gasteiger charge is 2.10. The monoisotopic (exact) mass is 337 g/mol. The first-order valence-corrected chi connectivity index (χ1v) is 8.19. The van der Waals surface area contributed by atoms with Crippen LogP contribution >= 0.6 is 0 Å². The molecule has 128 valence electrons. The van der Waals surface area contributed by atoms with Crippen LogP contribution in [0.25, 0.3) is 11.0 Å². The normalized spacial score (nSPS) is 10.8. The Morgan fingerprint density at radius 1 is 1.12 bits per heavy atom. The molecule has 0 bridgehead atoms. The third-order valence-electron chi connectivity index (χ3n) is 4.10. The van der Waals surface area contributed by atoms with E-state index in [-0.39, 0.29) is 5.91 Å². The van der Waals surface area contributed by atoms with Crippen LogP contribution < -0.4 is 16.4 Å². The van der Waals surface area contributed by atoms with Crippen LogP contribution in [-0.4, -0.2) is 22.0 Å². The van der Waals surface area contributed by atoms with E-state index in [2.05, 4.69) is 10.3 Å². The number of nitrogens with one attached hydrogen (secondary N) is 2. The zero-order chi connectivity index (χ0) is 17.8. The molecule has 3 rings (SSSR count). The van der Waals surface area contributed by atoms with Gasteiger partial charge in [0, 0.05) is 18.7 Å². The quantitative estimate of drug-likeness (QED) is 0.695. The summed E-state index contributed by atoms with van der Waals surface area (Å²) in [5.74, 6) is -0.215. The lowest BCUT2D eigenvalue weighted by Crippen LogP contribution is -2.36. The van der Waals surface area contributed by atoms with E-state index in [4.69, 9.17) is 0 Å². The molecule has 0 aliphatic rings. The van der Waals surface area contributed by atoms with Crippen molar-refractivity contribution in [3.05, 3.63) is 80.4 Å². The van der Waals surface area contributed by atoms with Crippen LogP contribution in [0.3, 0.4) is 0 Å². The Labute approximate surface area is 144 Å². The molecule has 25 heavy (non-hydrogen) atoms. The maximum absolute atomic E-state index is 12.3. The fourth-order valence-corrected chi connectivity index (χ4v) is 2.80. The summed E-state index contributed by atoms with van der Waals surface area (Å²) < 4.78 is 1.39. The first-order valence-electron chi connectivity index (χ1n) is 8.19. The van der Waals surface area contributed by atoms with Gasteiger partial charge in [0.1, 0.15) is 0 Å². The zero-order valence-electron chi connectivity index (χ0n) is 13.9. The summed E-state index contributed by atoms with van der Waals surface area (Å²) in [5, 5.41) is 2.87. The second kappa shape index (κ2) is 7.17. The molecule has 0 unspecified atom stereocenters. The van der Waals surface area contributed by atoms with Gasteiger partial charge < -0.3 is 14.9 Å². The number of aromatic nitrogens is 2. The number of H-pyrrole nitrogens is 1. The van der Waals surface area contributed by atoms with Crippen LogP contribution in [0.15, 0.2) is 58.1 Å². The number of carbonyl (C=O) groups is 1. The topological polar surface area (TPSA) is 84.0 Å². The Morgan fingerprint density at radius 2 is 1.88 bits per heavy atom. The third-order valence-corrected chi connectivity index (χ3v) is 4.10. The van der Waals surface area contributed by atoms with Gasteiger partial charge in [-0.2, -0.15) is 0 Å². The second-order valence-electron chi connectivity index (χ2n) is 5.73. The van der Waals surface area contributed by atoms with Gasteiger partial charge >= 0.3 is 11.1 Å². The summed E-state index contributed by atoms with van der Waals surface area (Å²) in [6, 6.07) is 14.8. The molecule has 6 heteroatoms. The van der Waals surface area contributed by atoms with Crippen molar-refractivity contribution >= 4 is 16.9 Å². The first-order chi connectivity index (χ1) is 12.1. The van der Waals surface area contributed by atoms with Gasteiger partial charge in [-0.25, -0.2) is 0 Å². The van der Waals surface area contributed by atoms with Gasteiger partial charge in [0.2, 0.25) is 0 Å². The van der Waals surface area contributed by atoms with Gasteiger partial charge in [0.25, 0.3) is 5.91 Å². The molecule has 0 atom stereocenters. The van der Waals surface area contributed by atoms with Crippen molar-refractivity contribution in [3.8, 4) is 0 Å². The van der Waals surface area contributed by atoms with E-state index in [0.717, 1.165) is 12.0 Å². The average Bonchev–Trinajstić information content (AvgIpc) is 2.63. The van der Waals surface area contributed by atoms with Gasteiger partial charge in [0.05, 0.1) is 11.0 Å². The smallest absolute Gasteiger partial charge is 0.316 e. The maximum atomic E-state index is 12.3. The average molecular weight is 337 g/mol.